The zero-order valence-electron chi connectivity index (χ0n) is 15.0. The van der Waals surface area contributed by atoms with Crippen molar-refractivity contribution in [1.29, 1.82) is 0 Å². The summed E-state index contributed by atoms with van der Waals surface area (Å²) in [5, 5.41) is 2.74. The highest BCUT2D eigenvalue weighted by Gasteiger charge is 2.39. The molecule has 1 amide bonds. The number of carbonyl (C=O) groups excluding carboxylic acids is 2. The predicted octanol–water partition coefficient (Wildman–Crippen LogP) is 1.99. The number of hydrogen-bond donors (Lipinski definition) is 1. The molecular weight excluding hydrogens is 366 g/mol. The van der Waals surface area contributed by atoms with Gasteiger partial charge in [0.05, 0.1) is 17.0 Å². The van der Waals surface area contributed by atoms with E-state index in [9.17, 15) is 18.0 Å². The number of benzene rings is 2. The molecule has 1 aliphatic rings. The van der Waals surface area contributed by atoms with Gasteiger partial charge in [-0.1, -0.05) is 30.3 Å². The Hall–Kier alpha value is -2.67. The van der Waals surface area contributed by atoms with Crippen LogP contribution in [0.15, 0.2) is 54.6 Å². The van der Waals surface area contributed by atoms with Gasteiger partial charge in [0.2, 0.25) is 0 Å². The lowest BCUT2D eigenvalue weighted by Gasteiger charge is -2.23. The number of sulfone groups is 1. The minimum Gasteiger partial charge on any atom is -0.484 e. The number of nitrogens with one attached hydrogen (secondary N) is 1. The Labute approximate surface area is 158 Å². The molecule has 0 unspecified atom stereocenters. The maximum atomic E-state index is 12.4. The van der Waals surface area contributed by atoms with Crippen LogP contribution >= 0.6 is 0 Å². The fourth-order valence-electron chi connectivity index (χ4n) is 3.09. The number of ketones is 1. The number of carbonyl (C=O) groups is 2. The Morgan fingerprint density at radius 3 is 2.26 bits per heavy atom. The Morgan fingerprint density at radius 1 is 1.04 bits per heavy atom. The fourth-order valence-corrected chi connectivity index (χ4v) is 5.18. The summed E-state index contributed by atoms with van der Waals surface area (Å²) in [5.41, 5.74) is 0.387. The normalized spacial score (nSPS) is 20.8. The maximum absolute atomic E-state index is 12.4. The monoisotopic (exact) mass is 387 g/mol. The van der Waals surface area contributed by atoms with Gasteiger partial charge in [0.15, 0.2) is 22.2 Å². The van der Waals surface area contributed by atoms with Crippen molar-refractivity contribution in [1.82, 2.24) is 5.32 Å². The SMILES string of the molecule is C[C@@]1(NC(=O)COc2ccc(C(=O)c3ccccc3)cc2)CCS(=O)(=O)C1. The molecule has 0 saturated carbocycles. The molecule has 27 heavy (non-hydrogen) atoms. The van der Waals surface area contributed by atoms with Gasteiger partial charge in [0.1, 0.15) is 5.75 Å². The molecular formula is C20H21NO5S. The molecule has 1 atom stereocenters. The van der Waals surface area contributed by atoms with Crippen LogP contribution < -0.4 is 10.1 Å². The quantitative estimate of drug-likeness (QED) is 0.766. The molecule has 1 fully saturated rings. The Balaban J connectivity index is 1.54. The second kappa shape index (κ2) is 7.52. The first-order valence-electron chi connectivity index (χ1n) is 8.60. The molecule has 6 nitrogen and oxygen atoms in total. The van der Waals surface area contributed by atoms with E-state index in [2.05, 4.69) is 5.32 Å². The van der Waals surface area contributed by atoms with Gasteiger partial charge < -0.3 is 10.1 Å². The Bertz CT molecular complexity index is 938. The van der Waals surface area contributed by atoms with Gasteiger partial charge in [-0.15, -0.1) is 0 Å². The summed E-state index contributed by atoms with van der Waals surface area (Å²) in [6.45, 7) is 1.50. The lowest BCUT2D eigenvalue weighted by Crippen LogP contribution is -2.48. The van der Waals surface area contributed by atoms with Gasteiger partial charge in [-0.05, 0) is 37.6 Å². The summed E-state index contributed by atoms with van der Waals surface area (Å²) in [6, 6.07) is 15.5. The summed E-state index contributed by atoms with van der Waals surface area (Å²) < 4.78 is 28.6. The molecule has 7 heteroatoms. The van der Waals surface area contributed by atoms with Crippen molar-refractivity contribution in [3.8, 4) is 5.75 Å². The fraction of sp³-hybridized carbons (Fsp3) is 0.300. The molecule has 0 bridgehead atoms. The lowest BCUT2D eigenvalue weighted by atomic mass is 10.0. The first-order valence-corrected chi connectivity index (χ1v) is 10.4. The number of hydrogen-bond acceptors (Lipinski definition) is 5. The van der Waals surface area contributed by atoms with E-state index in [1.165, 1.54) is 0 Å². The predicted molar refractivity (Wildman–Crippen MR) is 102 cm³/mol. The van der Waals surface area contributed by atoms with Crippen LogP contribution in [0.2, 0.25) is 0 Å². The van der Waals surface area contributed by atoms with Gasteiger partial charge in [0.25, 0.3) is 5.91 Å². The third-order valence-electron chi connectivity index (χ3n) is 4.47. The largest absolute Gasteiger partial charge is 0.484 e. The average molecular weight is 387 g/mol. The van der Waals surface area contributed by atoms with Crippen LogP contribution in [0.25, 0.3) is 0 Å². The second-order valence-corrected chi connectivity index (χ2v) is 9.14. The highest BCUT2D eigenvalue weighted by molar-refractivity contribution is 7.91. The molecule has 1 heterocycles. The van der Waals surface area contributed by atoms with Gasteiger partial charge in [-0.2, -0.15) is 0 Å². The number of ether oxygens (including phenoxy) is 1. The minimum atomic E-state index is -3.09. The van der Waals surface area contributed by atoms with Crippen LogP contribution in [0.1, 0.15) is 29.3 Å². The Morgan fingerprint density at radius 2 is 1.67 bits per heavy atom. The third kappa shape index (κ3) is 4.95. The average Bonchev–Trinajstić information content (AvgIpc) is 2.93. The molecule has 142 valence electrons. The topological polar surface area (TPSA) is 89.5 Å². The molecule has 0 radical (unpaired) electrons. The minimum absolute atomic E-state index is 0.0535. The van der Waals surface area contributed by atoms with Crippen molar-refractivity contribution < 1.29 is 22.7 Å². The molecule has 2 aromatic rings. The van der Waals surface area contributed by atoms with Crippen molar-refractivity contribution in [2.75, 3.05) is 18.1 Å². The van der Waals surface area contributed by atoms with Crippen molar-refractivity contribution in [3.05, 3.63) is 65.7 Å². The summed E-state index contributed by atoms with van der Waals surface area (Å²) in [4.78, 5) is 24.4. The third-order valence-corrected chi connectivity index (χ3v) is 6.37. The molecule has 1 saturated heterocycles. The number of amides is 1. The first-order chi connectivity index (χ1) is 12.8. The van der Waals surface area contributed by atoms with E-state index in [0.29, 0.717) is 23.3 Å². The van der Waals surface area contributed by atoms with Gasteiger partial charge in [-0.3, -0.25) is 9.59 Å². The van der Waals surface area contributed by atoms with Gasteiger partial charge in [-0.25, -0.2) is 8.42 Å². The zero-order valence-corrected chi connectivity index (χ0v) is 15.8. The van der Waals surface area contributed by atoms with E-state index in [0.717, 1.165) is 0 Å². The van der Waals surface area contributed by atoms with Gasteiger partial charge >= 0.3 is 0 Å². The van der Waals surface area contributed by atoms with E-state index in [1.807, 2.05) is 6.07 Å². The van der Waals surface area contributed by atoms with Crippen LogP contribution in [0, 0.1) is 0 Å². The second-order valence-electron chi connectivity index (χ2n) is 6.96. The first kappa shape index (κ1) is 19.1. The molecule has 0 spiro atoms. The standard InChI is InChI=1S/C20H21NO5S/c1-20(11-12-27(24,25)14-20)21-18(22)13-26-17-9-7-16(8-10-17)19(23)15-5-3-2-4-6-15/h2-10H,11-14H2,1H3,(H,21,22)/t20-/m1/s1. The van der Waals surface area contributed by atoms with E-state index in [4.69, 9.17) is 4.74 Å². The summed E-state index contributed by atoms with van der Waals surface area (Å²) in [5.74, 6) is 0.0251. The van der Waals surface area contributed by atoms with Crippen molar-refractivity contribution in [2.45, 2.75) is 18.9 Å². The van der Waals surface area contributed by atoms with Crippen LogP contribution in [-0.2, 0) is 14.6 Å². The Kier molecular flexibility index (Phi) is 5.32. The summed E-state index contributed by atoms with van der Waals surface area (Å²) >= 11 is 0. The maximum Gasteiger partial charge on any atom is 0.258 e. The lowest BCUT2D eigenvalue weighted by molar-refractivity contribution is -0.124. The molecule has 2 aromatic carbocycles. The van der Waals surface area contributed by atoms with E-state index < -0.39 is 15.4 Å². The molecule has 3 rings (SSSR count). The summed E-state index contributed by atoms with van der Waals surface area (Å²) in [7, 11) is -3.09. The van der Waals surface area contributed by atoms with Gasteiger partial charge in [0, 0.05) is 11.1 Å². The molecule has 0 aliphatic carbocycles. The zero-order chi connectivity index (χ0) is 19.5. The van der Waals surface area contributed by atoms with Crippen LogP contribution in [0.3, 0.4) is 0 Å². The molecule has 0 aromatic heterocycles. The van der Waals surface area contributed by atoms with E-state index >= 15 is 0 Å². The van der Waals surface area contributed by atoms with Crippen molar-refractivity contribution in [3.63, 3.8) is 0 Å². The summed E-state index contributed by atoms with van der Waals surface area (Å²) in [6.07, 6.45) is 0.400. The molecule has 1 aliphatic heterocycles. The highest BCUT2D eigenvalue weighted by atomic mass is 32.2. The van der Waals surface area contributed by atoms with Crippen molar-refractivity contribution in [2.24, 2.45) is 0 Å². The van der Waals surface area contributed by atoms with E-state index in [-0.39, 0.29) is 29.8 Å². The van der Waals surface area contributed by atoms with Crippen LogP contribution in [0.4, 0.5) is 0 Å². The highest BCUT2D eigenvalue weighted by Crippen LogP contribution is 2.22. The van der Waals surface area contributed by atoms with Crippen LogP contribution in [-0.4, -0.2) is 43.8 Å². The smallest absolute Gasteiger partial charge is 0.258 e. The van der Waals surface area contributed by atoms with Crippen molar-refractivity contribution >= 4 is 21.5 Å². The number of rotatable bonds is 6. The van der Waals surface area contributed by atoms with Crippen LogP contribution in [0.5, 0.6) is 5.75 Å². The molecule has 1 N–H and O–H groups in total. The van der Waals surface area contributed by atoms with E-state index in [1.54, 1.807) is 55.5 Å².